The van der Waals surface area contributed by atoms with E-state index in [-0.39, 0.29) is 62.7 Å². The third-order valence-corrected chi connectivity index (χ3v) is 15.2. The highest BCUT2D eigenvalue weighted by atomic mass is 32.2. The van der Waals surface area contributed by atoms with Gasteiger partial charge in [-0.1, -0.05) is 39.8 Å². The molecule has 3 aliphatic rings. The Morgan fingerprint density at radius 2 is 1.68 bits per heavy atom. The second-order valence-corrected chi connectivity index (χ2v) is 21.3. The average Bonchev–Trinajstić information content (AvgIpc) is 3.56. The molecule has 3 heterocycles. The van der Waals surface area contributed by atoms with Gasteiger partial charge in [-0.2, -0.15) is 0 Å². The Balaban J connectivity index is 1.57. The number of alkyl halides is 1. The van der Waals surface area contributed by atoms with Crippen molar-refractivity contribution in [2.45, 2.75) is 152 Å². The van der Waals surface area contributed by atoms with Gasteiger partial charge in [-0.3, -0.25) is 24.1 Å². The van der Waals surface area contributed by atoms with Crippen LogP contribution < -0.4 is 5.32 Å². The first-order valence-corrected chi connectivity index (χ1v) is 25.5. The number of Topliss-reactive ketones (excluding diaryl/α,β-unsaturated/α-hetero) is 2. The van der Waals surface area contributed by atoms with E-state index in [4.69, 9.17) is 33.2 Å². The molecule has 3 saturated heterocycles. The number of aliphatic hydroxyl groups excluding tert-OH is 1. The third-order valence-electron chi connectivity index (χ3n) is 14.0. The molecule has 20 heteroatoms. The lowest BCUT2D eigenvalue weighted by Crippen LogP contribution is -2.60. The second-order valence-electron chi connectivity index (χ2n) is 19.3. The number of fused-ring (bicyclic) bond motifs is 1. The van der Waals surface area contributed by atoms with Crippen LogP contribution in [0.25, 0.3) is 0 Å². The smallest absolute Gasteiger partial charge is 0.411 e. The fourth-order valence-electron chi connectivity index (χ4n) is 10.1. The summed E-state index contributed by atoms with van der Waals surface area (Å²) in [7, 11) is 1.30. The van der Waals surface area contributed by atoms with Gasteiger partial charge in [0.15, 0.2) is 27.5 Å². The number of likely N-dealkylation sites (N-methyl/N-ethyl adjacent to an activating group) is 1. The number of esters is 1. The number of rotatable bonds is 19. The number of amides is 2. The number of nitrogens with zero attached hydrogens (tertiary/aromatic N) is 2. The second kappa shape index (κ2) is 24.5. The molecular weight excluding hydrogens is 910 g/mol. The summed E-state index contributed by atoms with van der Waals surface area (Å²) < 4.78 is 79.7. The Hall–Kier alpha value is -3.63. The number of hydrogen-bond acceptors (Lipinski definition) is 16. The number of methoxy groups -OCH3 is 2. The number of hydrogen-bond donors (Lipinski definition) is 2. The molecule has 18 nitrogen and oxygen atoms in total. The normalized spacial score (nSPS) is 33.7. The quantitative estimate of drug-likeness (QED) is 0.115. The van der Waals surface area contributed by atoms with E-state index in [9.17, 15) is 41.9 Å². The molecule has 4 rings (SSSR count). The summed E-state index contributed by atoms with van der Waals surface area (Å²) in [6, 6.07) is 3.69. The molecular formula is C48H76FN3O15S. The van der Waals surface area contributed by atoms with E-state index in [0.29, 0.717) is 18.6 Å². The van der Waals surface area contributed by atoms with Gasteiger partial charge in [0.25, 0.3) is 0 Å². The van der Waals surface area contributed by atoms with Gasteiger partial charge in [0, 0.05) is 63.8 Å². The molecule has 2 N–H and O–H groups in total. The van der Waals surface area contributed by atoms with Crippen molar-refractivity contribution >= 4 is 39.4 Å². The van der Waals surface area contributed by atoms with E-state index in [0.717, 1.165) is 6.26 Å². The lowest BCUT2D eigenvalue weighted by Gasteiger charge is -2.47. The molecule has 2 amide bonds. The zero-order valence-corrected chi connectivity index (χ0v) is 42.7. The van der Waals surface area contributed by atoms with Crippen molar-refractivity contribution in [2.24, 2.45) is 23.7 Å². The fraction of sp³-hybridized carbons (Fsp3) is 0.771. The number of aliphatic hydroxyl groups is 1. The first kappa shape index (κ1) is 57.0. The predicted octanol–water partition coefficient (Wildman–Crippen LogP) is 3.71. The number of carbonyl (C=O) groups excluding carboxylic acids is 5. The van der Waals surface area contributed by atoms with Crippen molar-refractivity contribution in [2.75, 3.05) is 67.1 Å². The van der Waals surface area contributed by atoms with Gasteiger partial charge < -0.3 is 48.5 Å². The van der Waals surface area contributed by atoms with Gasteiger partial charge in [0.2, 0.25) is 5.91 Å². The SMILES string of the molecule is CC[C@H]1OC(=O)[C@H](C)C(=O)[C@H](C)[C@@H](O[C@@H]2O[C@H](C)C[C@H](N(C)CCC(=O)N[C@H](CF)Cc3ccc(S(C)(=O)=O)cc3)[C@H]2O)C(C)(OC)C[C@@H](C)C(=O)[C@H](C)C2N(CCOCCOC)C(=O)OC21C. The summed E-state index contributed by atoms with van der Waals surface area (Å²) in [6.07, 6.45) is -4.32. The largest absolute Gasteiger partial charge is 0.458 e. The standard InChI is InChI=1S/C48H76FN3O15S/c1-13-37-48(8)42(52(46(58)67-48)20-21-63-23-22-61-10)30(4)39(54)28(2)26-47(7,62-11)43(31(5)40(55)32(6)44(57)65-37)66-45-41(56)36(24-29(3)64-45)51(9)19-18-38(53)50-34(27-49)25-33-14-16-35(17-15-33)68(12,59)60/h14-17,28-32,34,36-37,41-43,45,56H,13,18-27H2,1-12H3,(H,50,53)/t28-,29-,30+,31+,32-,34+,36+,37-,41-,42?,43-,45+,47?,48?/m1/s1. The van der Waals surface area contributed by atoms with Crippen LogP contribution in [0.1, 0.15) is 86.6 Å². The van der Waals surface area contributed by atoms with E-state index < -0.39 is 124 Å². The number of nitrogens with one attached hydrogen (secondary N) is 1. The van der Waals surface area contributed by atoms with Crippen LogP contribution in [0.2, 0.25) is 0 Å². The van der Waals surface area contributed by atoms with Crippen LogP contribution in [0.15, 0.2) is 29.2 Å². The highest BCUT2D eigenvalue weighted by molar-refractivity contribution is 7.90. The van der Waals surface area contributed by atoms with Crippen molar-refractivity contribution in [3.05, 3.63) is 29.8 Å². The summed E-state index contributed by atoms with van der Waals surface area (Å²) >= 11 is 0. The summed E-state index contributed by atoms with van der Waals surface area (Å²) in [4.78, 5) is 73.3. The Morgan fingerprint density at radius 1 is 1.01 bits per heavy atom. The highest BCUT2D eigenvalue weighted by Crippen LogP contribution is 2.43. The van der Waals surface area contributed by atoms with Crippen molar-refractivity contribution in [1.82, 2.24) is 15.1 Å². The Kier molecular flexibility index (Phi) is 20.5. The molecule has 0 aliphatic carbocycles. The van der Waals surface area contributed by atoms with E-state index in [1.54, 1.807) is 79.7 Å². The molecule has 0 radical (unpaired) electrons. The van der Waals surface area contributed by atoms with Gasteiger partial charge >= 0.3 is 12.1 Å². The van der Waals surface area contributed by atoms with Gasteiger partial charge in [-0.15, -0.1) is 0 Å². The van der Waals surface area contributed by atoms with Crippen molar-refractivity contribution in [3.63, 3.8) is 0 Å². The van der Waals surface area contributed by atoms with Crippen LogP contribution in [0.3, 0.4) is 0 Å². The van der Waals surface area contributed by atoms with Gasteiger partial charge in [-0.25, -0.2) is 17.6 Å². The molecule has 1 aromatic carbocycles. The van der Waals surface area contributed by atoms with E-state index in [2.05, 4.69) is 5.32 Å². The van der Waals surface area contributed by atoms with E-state index >= 15 is 0 Å². The number of ether oxygens (including phenoxy) is 7. The lowest BCUT2D eigenvalue weighted by atomic mass is 9.73. The van der Waals surface area contributed by atoms with Gasteiger partial charge in [-0.05, 0) is 78.1 Å². The zero-order chi connectivity index (χ0) is 50.9. The summed E-state index contributed by atoms with van der Waals surface area (Å²) in [5, 5.41) is 14.7. The highest BCUT2D eigenvalue weighted by Gasteiger charge is 2.60. The molecule has 3 fully saturated rings. The summed E-state index contributed by atoms with van der Waals surface area (Å²) in [6.45, 7) is 13.5. The van der Waals surface area contributed by atoms with Crippen LogP contribution in [0.4, 0.5) is 9.18 Å². The van der Waals surface area contributed by atoms with Gasteiger partial charge in [0.05, 0.1) is 54.6 Å². The van der Waals surface area contributed by atoms with Crippen molar-refractivity contribution in [3.8, 4) is 0 Å². The van der Waals surface area contributed by atoms with Crippen molar-refractivity contribution in [1.29, 1.82) is 0 Å². The van der Waals surface area contributed by atoms with E-state index in [1.807, 2.05) is 0 Å². The Labute approximate surface area is 401 Å². The molecule has 0 saturated carbocycles. The molecule has 68 heavy (non-hydrogen) atoms. The first-order valence-electron chi connectivity index (χ1n) is 23.6. The molecule has 14 atom stereocenters. The van der Waals surface area contributed by atoms with Crippen LogP contribution in [0, 0.1) is 23.7 Å². The number of benzene rings is 1. The minimum absolute atomic E-state index is 0.0198. The van der Waals surface area contributed by atoms with Gasteiger partial charge in [0.1, 0.15) is 30.6 Å². The molecule has 0 bridgehead atoms. The number of halogens is 1. The fourth-order valence-corrected chi connectivity index (χ4v) is 10.7. The number of sulfone groups is 1. The average molecular weight is 986 g/mol. The molecule has 0 spiro atoms. The Bertz CT molecular complexity index is 2000. The maximum atomic E-state index is 14.7. The topological polar surface area (TPSA) is 223 Å². The predicted molar refractivity (Wildman–Crippen MR) is 247 cm³/mol. The summed E-state index contributed by atoms with van der Waals surface area (Å²) in [5.41, 5.74) is -2.24. The monoisotopic (exact) mass is 985 g/mol. The third kappa shape index (κ3) is 13.6. The van der Waals surface area contributed by atoms with Crippen LogP contribution in [-0.4, -0.2) is 180 Å². The van der Waals surface area contributed by atoms with Crippen LogP contribution in [-0.2, 0) is 68.6 Å². The first-order chi connectivity index (χ1) is 31.9. The lowest BCUT2D eigenvalue weighted by molar-refractivity contribution is -0.296. The molecule has 0 aromatic heterocycles. The number of carbonyl (C=O) groups is 5. The molecule has 386 valence electrons. The van der Waals surface area contributed by atoms with Crippen LogP contribution in [0.5, 0.6) is 0 Å². The molecule has 3 aliphatic heterocycles. The summed E-state index contributed by atoms with van der Waals surface area (Å²) in [5.74, 6) is -6.09. The Morgan fingerprint density at radius 3 is 2.26 bits per heavy atom. The van der Waals surface area contributed by atoms with Crippen molar-refractivity contribution < 1.29 is 75.0 Å². The number of ketones is 2. The zero-order valence-electron chi connectivity index (χ0n) is 41.9. The molecule has 3 unspecified atom stereocenters. The van der Waals surface area contributed by atoms with E-state index in [1.165, 1.54) is 31.1 Å². The minimum Gasteiger partial charge on any atom is -0.458 e. The maximum absolute atomic E-state index is 14.7. The molecule has 1 aromatic rings. The minimum atomic E-state index is -3.40. The number of cyclic esters (lactones) is 1. The maximum Gasteiger partial charge on any atom is 0.411 e. The van der Waals surface area contributed by atoms with Crippen LogP contribution >= 0.6 is 0 Å².